The molecular formula is C19H27N5. The molecule has 3 N–H and O–H groups in total. The lowest BCUT2D eigenvalue weighted by molar-refractivity contribution is 0.344. The number of nitrogens with two attached hydrogens (primary N) is 1. The molecular weight excluding hydrogens is 298 g/mol. The van der Waals surface area contributed by atoms with Gasteiger partial charge in [0.2, 0.25) is 0 Å². The Hall–Kier alpha value is -1.98. The van der Waals surface area contributed by atoms with Gasteiger partial charge in [-0.05, 0) is 31.9 Å². The van der Waals surface area contributed by atoms with Crippen molar-refractivity contribution in [1.29, 1.82) is 0 Å². The van der Waals surface area contributed by atoms with Crippen LogP contribution in [0.5, 0.6) is 0 Å². The van der Waals surface area contributed by atoms with Crippen molar-refractivity contribution in [2.24, 2.45) is 5.73 Å². The van der Waals surface area contributed by atoms with E-state index < -0.39 is 0 Å². The van der Waals surface area contributed by atoms with Crippen molar-refractivity contribution in [3.8, 4) is 0 Å². The van der Waals surface area contributed by atoms with E-state index >= 15 is 0 Å². The van der Waals surface area contributed by atoms with Crippen molar-refractivity contribution < 1.29 is 0 Å². The number of anilines is 1. The molecule has 5 heteroatoms. The highest BCUT2D eigenvalue weighted by Gasteiger charge is 2.28. The Morgan fingerprint density at radius 1 is 1.17 bits per heavy atom. The predicted molar refractivity (Wildman–Crippen MR) is 98.1 cm³/mol. The third kappa shape index (κ3) is 4.76. The Morgan fingerprint density at radius 3 is 2.71 bits per heavy atom. The van der Waals surface area contributed by atoms with Crippen LogP contribution in [-0.4, -0.2) is 47.6 Å². The number of benzene rings is 1. The topological polar surface area (TPSA) is 67.1 Å². The Kier molecular flexibility index (Phi) is 5.77. The molecule has 1 heterocycles. The van der Waals surface area contributed by atoms with Crippen molar-refractivity contribution in [2.45, 2.75) is 31.2 Å². The summed E-state index contributed by atoms with van der Waals surface area (Å²) < 4.78 is 0. The van der Waals surface area contributed by atoms with Gasteiger partial charge in [-0.1, -0.05) is 30.3 Å². The van der Waals surface area contributed by atoms with Crippen LogP contribution >= 0.6 is 0 Å². The number of hydrogen-bond acceptors (Lipinski definition) is 5. The summed E-state index contributed by atoms with van der Waals surface area (Å²) in [5.74, 6) is 1.43. The van der Waals surface area contributed by atoms with E-state index in [1.807, 2.05) is 0 Å². The fourth-order valence-corrected chi connectivity index (χ4v) is 3.05. The highest BCUT2D eigenvalue weighted by Crippen LogP contribution is 2.34. The van der Waals surface area contributed by atoms with Gasteiger partial charge in [-0.15, -0.1) is 0 Å². The molecule has 0 aliphatic heterocycles. The second-order valence-corrected chi connectivity index (χ2v) is 6.72. The van der Waals surface area contributed by atoms with Crippen molar-refractivity contribution in [3.05, 3.63) is 54.0 Å². The zero-order valence-corrected chi connectivity index (χ0v) is 14.4. The van der Waals surface area contributed by atoms with Crippen LogP contribution in [0, 0.1) is 0 Å². The number of nitrogens with one attached hydrogen (secondary N) is 1. The van der Waals surface area contributed by atoms with Gasteiger partial charge in [-0.25, -0.2) is 9.97 Å². The minimum Gasteiger partial charge on any atom is -0.369 e. The number of aromatic nitrogens is 2. The molecule has 0 bridgehead atoms. The average molecular weight is 325 g/mol. The maximum Gasteiger partial charge on any atom is 0.129 e. The molecule has 3 rings (SSSR count). The smallest absolute Gasteiger partial charge is 0.129 e. The van der Waals surface area contributed by atoms with Crippen molar-refractivity contribution in [2.75, 3.05) is 32.0 Å². The van der Waals surface area contributed by atoms with Gasteiger partial charge in [0.05, 0.1) is 0 Å². The lowest BCUT2D eigenvalue weighted by Crippen LogP contribution is -2.35. The molecule has 1 aliphatic rings. The van der Waals surface area contributed by atoms with Crippen LogP contribution in [-0.2, 0) is 6.42 Å². The fraction of sp³-hybridized carbons (Fsp3) is 0.474. The van der Waals surface area contributed by atoms with E-state index in [1.54, 1.807) is 6.33 Å². The van der Waals surface area contributed by atoms with Crippen molar-refractivity contribution >= 4 is 5.82 Å². The van der Waals surface area contributed by atoms with E-state index in [-0.39, 0.29) is 0 Å². The average Bonchev–Trinajstić information content (AvgIpc) is 2.58. The minimum absolute atomic E-state index is 0.347. The van der Waals surface area contributed by atoms with Crippen LogP contribution in [0.1, 0.15) is 30.0 Å². The van der Waals surface area contributed by atoms with Gasteiger partial charge in [0.25, 0.3) is 0 Å². The normalized spacial score (nSPS) is 20.0. The first-order valence-electron chi connectivity index (χ1n) is 8.74. The third-order valence-electron chi connectivity index (χ3n) is 4.71. The molecule has 0 atom stereocenters. The van der Waals surface area contributed by atoms with Crippen LogP contribution in [0.25, 0.3) is 0 Å². The summed E-state index contributed by atoms with van der Waals surface area (Å²) in [5.41, 5.74) is 8.37. The van der Waals surface area contributed by atoms with Crippen LogP contribution in [0.3, 0.4) is 0 Å². The zero-order chi connectivity index (χ0) is 16.8. The maximum absolute atomic E-state index is 5.86. The molecule has 0 radical (unpaired) electrons. The minimum atomic E-state index is 0.347. The lowest BCUT2D eigenvalue weighted by atomic mass is 9.79. The van der Waals surface area contributed by atoms with Crippen LogP contribution < -0.4 is 11.1 Å². The molecule has 1 aliphatic carbocycles. The molecule has 2 aromatic rings. The highest BCUT2D eigenvalue weighted by atomic mass is 15.1. The van der Waals surface area contributed by atoms with Gasteiger partial charge >= 0.3 is 0 Å². The molecule has 0 spiro atoms. The first kappa shape index (κ1) is 16.9. The quantitative estimate of drug-likeness (QED) is 0.779. The standard InChI is InChI=1S/C19H27N5/c1-24(9-7-15-5-3-2-4-6-15)10-8-21-19-13-18(22-14-23-19)16-11-17(20)12-16/h2-6,13-14,16-17H,7-12,20H2,1H3,(H,21,22,23). The largest absolute Gasteiger partial charge is 0.369 e. The summed E-state index contributed by atoms with van der Waals surface area (Å²) in [7, 11) is 2.16. The van der Waals surface area contributed by atoms with E-state index in [1.165, 1.54) is 5.56 Å². The Balaban J connectivity index is 1.39. The van der Waals surface area contributed by atoms with Gasteiger partial charge < -0.3 is 16.0 Å². The first-order chi connectivity index (χ1) is 11.7. The van der Waals surface area contributed by atoms with Crippen LogP contribution in [0.2, 0.25) is 0 Å². The van der Waals surface area contributed by atoms with Gasteiger partial charge in [0.1, 0.15) is 12.1 Å². The second kappa shape index (κ2) is 8.22. The van der Waals surface area contributed by atoms with E-state index in [4.69, 9.17) is 5.73 Å². The van der Waals surface area contributed by atoms with Gasteiger partial charge in [0, 0.05) is 43.4 Å². The molecule has 0 amide bonds. The monoisotopic (exact) mass is 325 g/mol. The molecule has 128 valence electrons. The summed E-state index contributed by atoms with van der Waals surface area (Å²) in [6, 6.07) is 13.0. The maximum atomic E-state index is 5.86. The van der Waals surface area contributed by atoms with Gasteiger partial charge in [-0.3, -0.25) is 0 Å². The molecule has 1 saturated carbocycles. The number of likely N-dealkylation sites (N-methyl/N-ethyl adjacent to an activating group) is 1. The molecule has 0 saturated heterocycles. The lowest BCUT2D eigenvalue weighted by Gasteiger charge is -2.31. The summed E-state index contributed by atoms with van der Waals surface area (Å²) >= 11 is 0. The SMILES string of the molecule is CN(CCNc1cc(C2CC(N)C2)ncn1)CCc1ccccc1. The molecule has 0 unspecified atom stereocenters. The van der Waals surface area contributed by atoms with Crippen LogP contribution in [0.15, 0.2) is 42.7 Å². The van der Waals surface area contributed by atoms with Crippen molar-refractivity contribution in [1.82, 2.24) is 14.9 Å². The van der Waals surface area contributed by atoms with Crippen molar-refractivity contribution in [3.63, 3.8) is 0 Å². The summed E-state index contributed by atoms with van der Waals surface area (Å²) in [6.07, 6.45) is 4.81. The Bertz CT molecular complexity index is 625. The summed E-state index contributed by atoms with van der Waals surface area (Å²) in [5, 5.41) is 3.40. The summed E-state index contributed by atoms with van der Waals surface area (Å²) in [4.78, 5) is 11.0. The van der Waals surface area contributed by atoms with E-state index in [0.717, 1.165) is 50.4 Å². The second-order valence-electron chi connectivity index (χ2n) is 6.72. The molecule has 5 nitrogen and oxygen atoms in total. The Morgan fingerprint density at radius 2 is 1.96 bits per heavy atom. The highest BCUT2D eigenvalue weighted by molar-refractivity contribution is 5.36. The molecule has 1 aromatic heterocycles. The van der Waals surface area contributed by atoms with Gasteiger partial charge in [-0.2, -0.15) is 0 Å². The summed E-state index contributed by atoms with van der Waals surface area (Å²) in [6.45, 7) is 2.92. The molecule has 1 fully saturated rings. The number of nitrogens with zero attached hydrogens (tertiary/aromatic N) is 3. The molecule has 1 aromatic carbocycles. The predicted octanol–water partition coefficient (Wildman–Crippen LogP) is 2.27. The Labute approximate surface area is 144 Å². The first-order valence-corrected chi connectivity index (χ1v) is 8.74. The number of rotatable bonds is 8. The number of hydrogen-bond donors (Lipinski definition) is 2. The van der Waals surface area contributed by atoms with E-state index in [0.29, 0.717) is 12.0 Å². The fourth-order valence-electron chi connectivity index (χ4n) is 3.05. The van der Waals surface area contributed by atoms with E-state index in [9.17, 15) is 0 Å². The third-order valence-corrected chi connectivity index (χ3v) is 4.71. The van der Waals surface area contributed by atoms with E-state index in [2.05, 4.69) is 63.6 Å². The zero-order valence-electron chi connectivity index (χ0n) is 14.4. The van der Waals surface area contributed by atoms with Gasteiger partial charge in [0.15, 0.2) is 0 Å². The van der Waals surface area contributed by atoms with Crippen LogP contribution in [0.4, 0.5) is 5.82 Å². The molecule has 24 heavy (non-hydrogen) atoms.